The molecule has 0 bridgehead atoms. The molecule has 0 saturated heterocycles. The van der Waals surface area contributed by atoms with Crippen molar-refractivity contribution in [3.63, 3.8) is 0 Å². The lowest BCUT2D eigenvalue weighted by atomic mass is 9.83. The quantitative estimate of drug-likeness (QED) is 0.0867. The topological polar surface area (TPSA) is 80.9 Å². The molecule has 2 aliphatic rings. The summed E-state index contributed by atoms with van der Waals surface area (Å²) in [6, 6.07) is 32.2. The van der Waals surface area contributed by atoms with Gasteiger partial charge >= 0.3 is 0 Å². The molecule has 2 saturated carbocycles. The minimum absolute atomic E-state index is 0.0120. The molecule has 2 aliphatic carbocycles. The van der Waals surface area contributed by atoms with Crippen LogP contribution in [0.2, 0.25) is 0 Å². The van der Waals surface area contributed by atoms with Crippen LogP contribution in [0.5, 0.6) is 0 Å². The number of hydrogen-bond acceptors (Lipinski definition) is 4. The lowest BCUT2D eigenvalue weighted by Gasteiger charge is -2.22. The molecular formula is C51H70O4. The van der Waals surface area contributed by atoms with Crippen molar-refractivity contribution in [3.05, 3.63) is 118 Å². The normalized spacial score (nSPS) is 15.3. The maximum atomic E-state index is 9.25. The molecular weight excluding hydrogens is 677 g/mol. The van der Waals surface area contributed by atoms with Gasteiger partial charge in [0, 0.05) is 38.3 Å². The number of aryl methyl sites for hydroxylation is 4. The maximum Gasteiger partial charge on any atom is 0.0481 e. The van der Waals surface area contributed by atoms with E-state index in [4.69, 9.17) is 0 Å². The molecule has 0 atom stereocenters. The zero-order valence-electron chi connectivity index (χ0n) is 34.0. The van der Waals surface area contributed by atoms with Crippen LogP contribution in [0.25, 0.3) is 22.3 Å². The molecule has 4 heteroatoms. The van der Waals surface area contributed by atoms with Crippen LogP contribution in [0.15, 0.2) is 84.9 Å². The first kappa shape index (κ1) is 42.9. The summed E-state index contributed by atoms with van der Waals surface area (Å²) in [4.78, 5) is 0. The average molecular weight is 747 g/mol. The fourth-order valence-electron chi connectivity index (χ4n) is 8.94. The van der Waals surface area contributed by atoms with Gasteiger partial charge in [0.2, 0.25) is 0 Å². The van der Waals surface area contributed by atoms with Crippen molar-refractivity contribution >= 4 is 0 Å². The molecule has 0 aromatic heterocycles. The Hall–Kier alpha value is -3.28. The Morgan fingerprint density at radius 2 is 0.873 bits per heavy atom. The predicted octanol–water partition coefficient (Wildman–Crippen LogP) is 11.4. The molecule has 55 heavy (non-hydrogen) atoms. The largest absolute Gasteiger partial charge is 0.396 e. The van der Waals surface area contributed by atoms with Crippen LogP contribution in [0.1, 0.15) is 143 Å². The van der Waals surface area contributed by atoms with E-state index in [1.807, 2.05) is 0 Å². The fraction of sp³-hybridized carbons (Fsp3) is 0.529. The van der Waals surface area contributed by atoms with E-state index in [-0.39, 0.29) is 38.3 Å². The van der Waals surface area contributed by atoms with Gasteiger partial charge in [0.15, 0.2) is 0 Å². The second kappa shape index (κ2) is 23.1. The van der Waals surface area contributed by atoms with Crippen molar-refractivity contribution in [2.24, 2.45) is 11.8 Å². The number of aliphatic hydroxyl groups is 4. The monoisotopic (exact) mass is 747 g/mol. The maximum absolute atomic E-state index is 9.25. The lowest BCUT2D eigenvalue weighted by Crippen LogP contribution is -2.12. The van der Waals surface area contributed by atoms with E-state index in [0.717, 1.165) is 56.8 Å². The van der Waals surface area contributed by atoms with E-state index in [1.165, 1.54) is 120 Å². The van der Waals surface area contributed by atoms with Crippen molar-refractivity contribution in [3.8, 4) is 22.3 Å². The summed E-state index contributed by atoms with van der Waals surface area (Å²) in [5, 5.41) is 36.9. The van der Waals surface area contributed by atoms with Gasteiger partial charge in [0.1, 0.15) is 0 Å². The van der Waals surface area contributed by atoms with Crippen LogP contribution in [0, 0.1) is 11.8 Å². The molecule has 0 heterocycles. The van der Waals surface area contributed by atoms with Crippen molar-refractivity contribution < 1.29 is 20.4 Å². The summed E-state index contributed by atoms with van der Waals surface area (Å²) in [6.07, 6.45) is 20.4. The van der Waals surface area contributed by atoms with Gasteiger partial charge in [0.25, 0.3) is 0 Å². The Balaban J connectivity index is 0.000000211. The van der Waals surface area contributed by atoms with Crippen LogP contribution in [-0.2, 0) is 25.7 Å². The highest BCUT2D eigenvalue weighted by Gasteiger charge is 2.17. The Bertz CT molecular complexity index is 1660. The number of rotatable bonds is 17. The molecule has 4 aromatic rings. The summed E-state index contributed by atoms with van der Waals surface area (Å²) in [5.74, 6) is 1.53. The van der Waals surface area contributed by atoms with E-state index in [0.29, 0.717) is 0 Å². The molecule has 0 spiro atoms. The van der Waals surface area contributed by atoms with Gasteiger partial charge in [-0.3, -0.25) is 0 Å². The van der Waals surface area contributed by atoms with Crippen molar-refractivity contribution in [2.45, 2.75) is 135 Å². The second-order valence-electron chi connectivity index (χ2n) is 16.5. The van der Waals surface area contributed by atoms with Gasteiger partial charge in [-0.25, -0.2) is 0 Å². The summed E-state index contributed by atoms with van der Waals surface area (Å²) in [7, 11) is 0. The van der Waals surface area contributed by atoms with Gasteiger partial charge in [-0.05, 0) is 138 Å². The molecule has 4 aromatic carbocycles. The van der Waals surface area contributed by atoms with Gasteiger partial charge in [0.05, 0.1) is 0 Å². The average Bonchev–Trinajstić information content (AvgIpc) is 3.26. The Kier molecular flexibility index (Phi) is 18.0. The molecule has 0 radical (unpaired) electrons. The lowest BCUT2D eigenvalue weighted by molar-refractivity contribution is 0.142. The molecule has 4 N–H and O–H groups in total. The van der Waals surface area contributed by atoms with Crippen molar-refractivity contribution in [1.29, 1.82) is 0 Å². The van der Waals surface area contributed by atoms with Crippen LogP contribution in [0.3, 0.4) is 0 Å². The van der Waals surface area contributed by atoms with Gasteiger partial charge in [-0.15, -0.1) is 0 Å². The minimum Gasteiger partial charge on any atom is -0.396 e. The van der Waals surface area contributed by atoms with Gasteiger partial charge < -0.3 is 20.4 Å². The van der Waals surface area contributed by atoms with E-state index in [1.54, 1.807) is 0 Å². The number of benzene rings is 4. The number of hydrogen-bond donors (Lipinski definition) is 4. The highest BCUT2D eigenvalue weighted by Crippen LogP contribution is 2.36. The highest BCUT2D eigenvalue weighted by atomic mass is 16.3. The predicted molar refractivity (Wildman–Crippen MR) is 231 cm³/mol. The van der Waals surface area contributed by atoms with E-state index >= 15 is 0 Å². The first-order valence-electron chi connectivity index (χ1n) is 21.9. The van der Waals surface area contributed by atoms with Crippen LogP contribution >= 0.6 is 0 Å². The van der Waals surface area contributed by atoms with Crippen molar-refractivity contribution in [1.82, 2.24) is 0 Å². The van der Waals surface area contributed by atoms with Gasteiger partial charge in [-0.2, -0.15) is 0 Å². The molecule has 0 amide bonds. The smallest absolute Gasteiger partial charge is 0.0481 e. The SMILES string of the molecule is CCc1cc(CCC(CO)CO)ccc1-c1ccc(C2CCCCC2)cc1.CCc1cc(CCCC(CO)CO)ccc1-c1ccc(C2CCCCC2)cc1. The van der Waals surface area contributed by atoms with E-state index in [9.17, 15) is 20.4 Å². The highest BCUT2D eigenvalue weighted by molar-refractivity contribution is 5.69. The number of aliphatic hydroxyl groups excluding tert-OH is 4. The van der Waals surface area contributed by atoms with Crippen LogP contribution < -0.4 is 0 Å². The Morgan fingerprint density at radius 3 is 1.27 bits per heavy atom. The fourth-order valence-corrected chi connectivity index (χ4v) is 8.94. The van der Waals surface area contributed by atoms with Crippen LogP contribution in [0.4, 0.5) is 0 Å². The molecule has 4 nitrogen and oxygen atoms in total. The summed E-state index contributed by atoms with van der Waals surface area (Å²) in [5.41, 5.74) is 13.8. The first-order chi connectivity index (χ1) is 27.0. The molecule has 2 fully saturated rings. The molecule has 6 rings (SSSR count). The Morgan fingerprint density at radius 1 is 0.473 bits per heavy atom. The molecule has 298 valence electrons. The summed E-state index contributed by atoms with van der Waals surface area (Å²) in [6.45, 7) is 4.71. The first-order valence-corrected chi connectivity index (χ1v) is 21.9. The summed E-state index contributed by atoms with van der Waals surface area (Å²) < 4.78 is 0. The van der Waals surface area contributed by atoms with Gasteiger partial charge in [-0.1, -0.05) is 137 Å². The standard InChI is InChI=1S/C26H36O2.C25H34O2/c1-2-22-17-20(7-6-8-21(18-27)19-28)11-16-26(22)25-14-12-24(13-15-25)23-9-4-3-5-10-23;1-2-21-16-19(8-9-20(17-26)18-27)10-15-25(21)24-13-11-23(12-14-24)22-6-4-3-5-7-22/h11-17,21,23,27-28H,2-10,18-19H2,1H3;10-16,20,22,26-27H,2-9,17-18H2,1H3. The summed E-state index contributed by atoms with van der Waals surface area (Å²) >= 11 is 0. The minimum atomic E-state index is -0.0120. The third kappa shape index (κ3) is 12.6. The zero-order chi connectivity index (χ0) is 38.8. The van der Waals surface area contributed by atoms with E-state index < -0.39 is 0 Å². The van der Waals surface area contributed by atoms with Crippen molar-refractivity contribution in [2.75, 3.05) is 26.4 Å². The molecule has 0 aliphatic heterocycles. The Labute approximate surface area is 333 Å². The third-order valence-electron chi connectivity index (χ3n) is 12.6. The van der Waals surface area contributed by atoms with Crippen LogP contribution in [-0.4, -0.2) is 46.9 Å². The third-order valence-corrected chi connectivity index (χ3v) is 12.6. The zero-order valence-corrected chi connectivity index (χ0v) is 34.0. The second-order valence-corrected chi connectivity index (χ2v) is 16.5. The van der Waals surface area contributed by atoms with E-state index in [2.05, 4.69) is 98.8 Å². The molecule has 0 unspecified atom stereocenters.